The summed E-state index contributed by atoms with van der Waals surface area (Å²) in [6, 6.07) is 0. The summed E-state index contributed by atoms with van der Waals surface area (Å²) in [5.74, 6) is 0.881. The van der Waals surface area contributed by atoms with E-state index in [0.29, 0.717) is 25.9 Å². The monoisotopic (exact) mass is 195 g/mol. The largest absolute Gasteiger partial charge is 0.481 e. The van der Waals surface area contributed by atoms with Gasteiger partial charge >= 0.3 is 5.97 Å². The Bertz CT molecular complexity index is 295. The molecule has 1 heterocycles. The standard InChI is InChI=1S/C10H13NO3/c1-3-8(12)11-6-4-10(2,5-7-11)9(13)14/h1H,4-7H2,2H3,(H,13,14). The molecule has 1 aliphatic heterocycles. The highest BCUT2D eigenvalue weighted by molar-refractivity contribution is 5.93. The molecule has 0 aliphatic carbocycles. The van der Waals surface area contributed by atoms with Gasteiger partial charge in [-0.25, -0.2) is 0 Å². The third kappa shape index (κ3) is 1.87. The summed E-state index contributed by atoms with van der Waals surface area (Å²) in [6.45, 7) is 2.57. The number of aliphatic carboxylic acids is 1. The van der Waals surface area contributed by atoms with Crippen molar-refractivity contribution >= 4 is 11.9 Å². The lowest BCUT2D eigenvalue weighted by atomic mass is 9.80. The number of carboxylic acids is 1. The molecular weight excluding hydrogens is 182 g/mol. The highest BCUT2D eigenvalue weighted by atomic mass is 16.4. The second-order valence-electron chi connectivity index (χ2n) is 3.80. The number of piperidine rings is 1. The fourth-order valence-electron chi connectivity index (χ4n) is 1.51. The Morgan fingerprint density at radius 3 is 2.29 bits per heavy atom. The van der Waals surface area contributed by atoms with Gasteiger partial charge in [0.1, 0.15) is 0 Å². The topological polar surface area (TPSA) is 57.6 Å². The minimum Gasteiger partial charge on any atom is -0.481 e. The highest BCUT2D eigenvalue weighted by Gasteiger charge is 2.37. The highest BCUT2D eigenvalue weighted by Crippen LogP contribution is 2.30. The van der Waals surface area contributed by atoms with Crippen LogP contribution in [0.1, 0.15) is 19.8 Å². The summed E-state index contributed by atoms with van der Waals surface area (Å²) in [7, 11) is 0. The molecule has 0 atom stereocenters. The number of carbonyl (C=O) groups excluding carboxylic acids is 1. The maximum atomic E-state index is 11.1. The molecule has 0 spiro atoms. The Kier molecular flexibility index (Phi) is 2.80. The van der Waals surface area contributed by atoms with E-state index in [1.807, 2.05) is 5.92 Å². The van der Waals surface area contributed by atoms with Crippen molar-refractivity contribution in [1.82, 2.24) is 4.90 Å². The Morgan fingerprint density at radius 2 is 1.93 bits per heavy atom. The zero-order chi connectivity index (χ0) is 10.8. The van der Waals surface area contributed by atoms with Crippen molar-refractivity contribution in [2.45, 2.75) is 19.8 Å². The van der Waals surface area contributed by atoms with Crippen LogP contribution in [0.2, 0.25) is 0 Å². The number of nitrogens with zero attached hydrogens (tertiary/aromatic N) is 1. The Labute approximate surface area is 82.9 Å². The molecule has 14 heavy (non-hydrogen) atoms. The van der Waals surface area contributed by atoms with Gasteiger partial charge in [0.2, 0.25) is 0 Å². The summed E-state index contributed by atoms with van der Waals surface area (Å²) in [5, 5.41) is 8.94. The van der Waals surface area contributed by atoms with E-state index < -0.39 is 11.4 Å². The Morgan fingerprint density at radius 1 is 1.43 bits per heavy atom. The van der Waals surface area contributed by atoms with E-state index in [1.54, 1.807) is 6.92 Å². The van der Waals surface area contributed by atoms with Gasteiger partial charge in [0, 0.05) is 13.1 Å². The first kappa shape index (κ1) is 10.6. The van der Waals surface area contributed by atoms with E-state index >= 15 is 0 Å². The lowest BCUT2D eigenvalue weighted by Crippen LogP contribution is -2.44. The molecule has 0 aromatic carbocycles. The number of rotatable bonds is 1. The number of terminal acetylenes is 1. The molecule has 0 aromatic heterocycles. The molecule has 1 saturated heterocycles. The number of likely N-dealkylation sites (tertiary alicyclic amines) is 1. The van der Waals surface area contributed by atoms with Crippen LogP contribution >= 0.6 is 0 Å². The van der Waals surface area contributed by atoms with E-state index in [2.05, 4.69) is 0 Å². The van der Waals surface area contributed by atoms with Gasteiger partial charge < -0.3 is 10.0 Å². The normalized spacial score (nSPS) is 19.9. The predicted octanol–water partition coefficient (Wildman–Crippen LogP) is 0.333. The summed E-state index contributed by atoms with van der Waals surface area (Å²) in [5.41, 5.74) is -0.703. The van der Waals surface area contributed by atoms with Gasteiger partial charge in [0.15, 0.2) is 0 Å². The van der Waals surface area contributed by atoms with Gasteiger partial charge in [0.05, 0.1) is 5.41 Å². The van der Waals surface area contributed by atoms with Crippen LogP contribution in [0.4, 0.5) is 0 Å². The minimum atomic E-state index is -0.801. The summed E-state index contributed by atoms with van der Waals surface area (Å²) in [6.07, 6.45) is 5.91. The van der Waals surface area contributed by atoms with Crippen LogP contribution < -0.4 is 0 Å². The van der Waals surface area contributed by atoms with Crippen LogP contribution in [0.5, 0.6) is 0 Å². The molecule has 76 valence electrons. The molecule has 1 rings (SSSR count). The third-order valence-electron chi connectivity index (χ3n) is 2.79. The smallest absolute Gasteiger partial charge is 0.309 e. The van der Waals surface area contributed by atoms with Crippen LogP contribution in [0, 0.1) is 17.8 Å². The van der Waals surface area contributed by atoms with Gasteiger partial charge in [-0.3, -0.25) is 9.59 Å². The number of carboxylic acid groups (broad SMARTS) is 1. The van der Waals surface area contributed by atoms with Gasteiger partial charge in [-0.15, -0.1) is 6.42 Å². The lowest BCUT2D eigenvalue weighted by molar-refractivity contribution is -0.152. The quantitative estimate of drug-likeness (QED) is 0.613. The number of amides is 1. The van der Waals surface area contributed by atoms with E-state index in [0.717, 1.165) is 0 Å². The number of hydrogen-bond acceptors (Lipinski definition) is 2. The fourth-order valence-corrected chi connectivity index (χ4v) is 1.51. The molecule has 1 amide bonds. The second-order valence-corrected chi connectivity index (χ2v) is 3.80. The van der Waals surface area contributed by atoms with Crippen molar-refractivity contribution in [2.75, 3.05) is 13.1 Å². The van der Waals surface area contributed by atoms with E-state index in [-0.39, 0.29) is 5.91 Å². The molecule has 0 saturated carbocycles. The second kappa shape index (κ2) is 3.70. The summed E-state index contributed by atoms with van der Waals surface area (Å²) >= 11 is 0. The van der Waals surface area contributed by atoms with Gasteiger partial charge in [-0.2, -0.15) is 0 Å². The molecule has 4 nitrogen and oxygen atoms in total. The van der Waals surface area contributed by atoms with Crippen LogP contribution in [-0.2, 0) is 9.59 Å². The van der Waals surface area contributed by atoms with Crippen molar-refractivity contribution < 1.29 is 14.7 Å². The molecule has 1 fully saturated rings. The van der Waals surface area contributed by atoms with E-state index in [1.165, 1.54) is 4.90 Å². The molecule has 0 aromatic rings. The Hall–Kier alpha value is -1.50. The maximum Gasteiger partial charge on any atom is 0.309 e. The van der Waals surface area contributed by atoms with Gasteiger partial charge in [-0.1, -0.05) is 0 Å². The fraction of sp³-hybridized carbons (Fsp3) is 0.600. The maximum absolute atomic E-state index is 11.1. The molecule has 1 N–H and O–H groups in total. The first-order valence-corrected chi connectivity index (χ1v) is 4.48. The minimum absolute atomic E-state index is 0.350. The average molecular weight is 195 g/mol. The zero-order valence-electron chi connectivity index (χ0n) is 8.12. The predicted molar refractivity (Wildman–Crippen MR) is 50.4 cm³/mol. The first-order chi connectivity index (χ1) is 6.49. The molecule has 1 aliphatic rings. The average Bonchev–Trinajstić information content (AvgIpc) is 2.17. The molecule has 4 heteroatoms. The van der Waals surface area contributed by atoms with E-state index in [9.17, 15) is 9.59 Å². The van der Waals surface area contributed by atoms with Crippen molar-refractivity contribution in [3.63, 3.8) is 0 Å². The third-order valence-corrected chi connectivity index (χ3v) is 2.79. The van der Waals surface area contributed by atoms with Crippen LogP contribution in [-0.4, -0.2) is 35.0 Å². The molecule has 0 bridgehead atoms. The molecule has 0 unspecified atom stereocenters. The Balaban J connectivity index is 2.59. The number of hydrogen-bond donors (Lipinski definition) is 1. The van der Waals surface area contributed by atoms with Crippen molar-refractivity contribution in [2.24, 2.45) is 5.41 Å². The summed E-state index contributed by atoms with van der Waals surface area (Å²) < 4.78 is 0. The zero-order valence-corrected chi connectivity index (χ0v) is 8.12. The molecule has 0 radical (unpaired) electrons. The van der Waals surface area contributed by atoms with Gasteiger partial charge in [0.25, 0.3) is 5.91 Å². The number of carbonyl (C=O) groups is 2. The lowest BCUT2D eigenvalue weighted by Gasteiger charge is -2.35. The van der Waals surface area contributed by atoms with Crippen molar-refractivity contribution in [1.29, 1.82) is 0 Å². The van der Waals surface area contributed by atoms with E-state index in [4.69, 9.17) is 11.5 Å². The van der Waals surface area contributed by atoms with Crippen molar-refractivity contribution in [3.8, 4) is 12.3 Å². The van der Waals surface area contributed by atoms with Crippen LogP contribution in [0.15, 0.2) is 0 Å². The van der Waals surface area contributed by atoms with Crippen molar-refractivity contribution in [3.05, 3.63) is 0 Å². The molecular formula is C10H13NO3. The first-order valence-electron chi connectivity index (χ1n) is 4.48. The van der Waals surface area contributed by atoms with Crippen LogP contribution in [0.25, 0.3) is 0 Å². The van der Waals surface area contributed by atoms with Gasteiger partial charge in [-0.05, 0) is 25.7 Å². The van der Waals surface area contributed by atoms with Crippen LogP contribution in [0.3, 0.4) is 0 Å². The summed E-state index contributed by atoms with van der Waals surface area (Å²) in [4.78, 5) is 23.5. The SMILES string of the molecule is C#CC(=O)N1CCC(C)(C(=O)O)CC1.